The van der Waals surface area contributed by atoms with Gasteiger partial charge in [0.05, 0.1) is 10.9 Å². The first-order valence-corrected chi connectivity index (χ1v) is 9.27. The average Bonchev–Trinajstić information content (AvgIpc) is 3.30. The third kappa shape index (κ3) is 3.83. The first-order chi connectivity index (χ1) is 13.1. The zero-order valence-corrected chi connectivity index (χ0v) is 15.7. The quantitative estimate of drug-likeness (QED) is 0.654. The number of aromatic nitrogens is 4. The van der Waals surface area contributed by atoms with Crippen LogP contribution in [-0.2, 0) is 4.79 Å². The number of carbonyl (C=O) groups is 1. The number of nitrogens with zero attached hydrogens (tertiary/aromatic N) is 4. The Labute approximate surface area is 163 Å². The molecule has 1 aliphatic heterocycles. The molecular formula is C17H14ClN5O3S. The molecule has 1 atom stereocenters. The lowest BCUT2D eigenvalue weighted by molar-refractivity contribution is -0.115. The third-order valence-corrected chi connectivity index (χ3v) is 5.05. The highest BCUT2D eigenvalue weighted by Gasteiger charge is 2.21. The van der Waals surface area contributed by atoms with Gasteiger partial charge in [-0.25, -0.2) is 0 Å². The number of amides is 1. The third-order valence-electron chi connectivity index (χ3n) is 3.79. The molecule has 10 heteroatoms. The Morgan fingerprint density at radius 2 is 2.11 bits per heavy atom. The van der Waals surface area contributed by atoms with Crippen LogP contribution in [0.15, 0.2) is 47.6 Å². The van der Waals surface area contributed by atoms with Gasteiger partial charge in [-0.3, -0.25) is 4.79 Å². The number of anilines is 1. The molecule has 4 rings (SSSR count). The number of hydrogen-bond acceptors (Lipinski definition) is 7. The summed E-state index contributed by atoms with van der Waals surface area (Å²) in [6.07, 6.45) is 0. The standard InChI is InChI=1S/C17H14ClN5O3S/c1-10(16(24)19-12-5-6-14-15(8-12)26-9-25-14)27-17-20-21-22-23(17)13-4-2-3-11(18)7-13/h2-8,10H,9H2,1H3,(H,19,24)/t10-/m0/s1. The number of halogens is 1. The van der Waals surface area contributed by atoms with E-state index in [0.29, 0.717) is 27.4 Å². The molecular weight excluding hydrogens is 390 g/mol. The predicted octanol–water partition coefficient (Wildman–Crippen LogP) is 3.16. The maximum Gasteiger partial charge on any atom is 0.237 e. The minimum Gasteiger partial charge on any atom is -0.454 e. The van der Waals surface area contributed by atoms with Crippen molar-refractivity contribution in [2.45, 2.75) is 17.3 Å². The van der Waals surface area contributed by atoms with Crippen molar-refractivity contribution >= 4 is 35.0 Å². The van der Waals surface area contributed by atoms with E-state index in [2.05, 4.69) is 20.8 Å². The maximum atomic E-state index is 12.5. The summed E-state index contributed by atoms with van der Waals surface area (Å²) in [6.45, 7) is 1.97. The molecule has 27 heavy (non-hydrogen) atoms. The van der Waals surface area contributed by atoms with E-state index in [1.807, 2.05) is 12.1 Å². The van der Waals surface area contributed by atoms with Gasteiger partial charge in [-0.1, -0.05) is 29.4 Å². The highest BCUT2D eigenvalue weighted by atomic mass is 35.5. The number of ether oxygens (including phenoxy) is 2. The van der Waals surface area contributed by atoms with Crippen LogP contribution in [0, 0.1) is 0 Å². The fourth-order valence-corrected chi connectivity index (χ4v) is 3.44. The van der Waals surface area contributed by atoms with E-state index >= 15 is 0 Å². The lowest BCUT2D eigenvalue weighted by atomic mass is 10.2. The number of benzene rings is 2. The van der Waals surface area contributed by atoms with Gasteiger partial charge >= 0.3 is 0 Å². The lowest BCUT2D eigenvalue weighted by Gasteiger charge is -2.12. The summed E-state index contributed by atoms with van der Waals surface area (Å²) in [6, 6.07) is 12.4. The van der Waals surface area contributed by atoms with Crippen LogP contribution in [0.25, 0.3) is 5.69 Å². The van der Waals surface area contributed by atoms with Gasteiger partial charge in [0.25, 0.3) is 0 Å². The molecule has 0 unspecified atom stereocenters. The molecule has 2 aromatic carbocycles. The molecule has 0 radical (unpaired) electrons. The fourth-order valence-electron chi connectivity index (χ4n) is 2.45. The largest absolute Gasteiger partial charge is 0.454 e. The maximum absolute atomic E-state index is 12.5. The first kappa shape index (κ1) is 17.6. The molecule has 1 aliphatic rings. The minimum atomic E-state index is -0.431. The molecule has 1 amide bonds. The predicted molar refractivity (Wildman–Crippen MR) is 101 cm³/mol. The molecule has 0 bridgehead atoms. The highest BCUT2D eigenvalue weighted by molar-refractivity contribution is 8.00. The van der Waals surface area contributed by atoms with Crippen LogP contribution < -0.4 is 14.8 Å². The number of fused-ring (bicyclic) bond motifs is 1. The number of rotatable bonds is 5. The molecule has 0 saturated carbocycles. The molecule has 8 nitrogen and oxygen atoms in total. The van der Waals surface area contributed by atoms with E-state index in [0.717, 1.165) is 5.69 Å². The smallest absolute Gasteiger partial charge is 0.237 e. The van der Waals surface area contributed by atoms with Crippen LogP contribution in [0.4, 0.5) is 5.69 Å². The van der Waals surface area contributed by atoms with Crippen LogP contribution in [-0.4, -0.2) is 38.2 Å². The van der Waals surface area contributed by atoms with Crippen LogP contribution in [0.5, 0.6) is 11.5 Å². The van der Waals surface area contributed by atoms with E-state index in [9.17, 15) is 4.79 Å². The molecule has 0 aliphatic carbocycles. The van der Waals surface area contributed by atoms with Crippen molar-refractivity contribution < 1.29 is 14.3 Å². The zero-order valence-electron chi connectivity index (χ0n) is 14.1. The molecule has 1 N–H and O–H groups in total. The number of tetrazole rings is 1. The number of carbonyl (C=O) groups excluding carboxylic acids is 1. The van der Waals surface area contributed by atoms with E-state index in [1.165, 1.54) is 11.8 Å². The molecule has 0 spiro atoms. The van der Waals surface area contributed by atoms with E-state index in [1.54, 1.807) is 41.9 Å². The van der Waals surface area contributed by atoms with Gasteiger partial charge in [-0.15, -0.1) is 5.10 Å². The monoisotopic (exact) mass is 403 g/mol. The van der Waals surface area contributed by atoms with E-state index in [4.69, 9.17) is 21.1 Å². The number of hydrogen-bond donors (Lipinski definition) is 1. The van der Waals surface area contributed by atoms with Gasteiger partial charge in [0, 0.05) is 16.8 Å². The SMILES string of the molecule is C[C@H](Sc1nnnn1-c1cccc(Cl)c1)C(=O)Nc1ccc2c(c1)OCO2. The van der Waals surface area contributed by atoms with Crippen molar-refractivity contribution in [2.75, 3.05) is 12.1 Å². The molecule has 2 heterocycles. The van der Waals surface area contributed by atoms with Gasteiger partial charge in [-0.2, -0.15) is 4.68 Å². The van der Waals surface area contributed by atoms with Gasteiger partial charge in [0.1, 0.15) is 0 Å². The van der Waals surface area contributed by atoms with Crippen LogP contribution in [0.2, 0.25) is 5.02 Å². The van der Waals surface area contributed by atoms with Crippen molar-refractivity contribution in [3.63, 3.8) is 0 Å². The van der Waals surface area contributed by atoms with E-state index in [-0.39, 0.29) is 12.7 Å². The van der Waals surface area contributed by atoms with Crippen LogP contribution in [0.3, 0.4) is 0 Å². The van der Waals surface area contributed by atoms with Crippen molar-refractivity contribution in [1.82, 2.24) is 20.2 Å². The van der Waals surface area contributed by atoms with Crippen molar-refractivity contribution in [3.8, 4) is 17.2 Å². The Balaban J connectivity index is 1.46. The van der Waals surface area contributed by atoms with E-state index < -0.39 is 5.25 Å². The normalized spacial score (nSPS) is 13.4. The van der Waals surface area contributed by atoms with Gasteiger partial charge in [0.2, 0.25) is 17.9 Å². The Bertz CT molecular complexity index is 996. The lowest BCUT2D eigenvalue weighted by Crippen LogP contribution is -2.22. The summed E-state index contributed by atoms with van der Waals surface area (Å²) in [5.41, 5.74) is 1.35. The zero-order chi connectivity index (χ0) is 18.8. The van der Waals surface area contributed by atoms with Crippen molar-refractivity contribution in [3.05, 3.63) is 47.5 Å². The molecule has 138 valence electrons. The summed E-state index contributed by atoms with van der Waals surface area (Å²) in [5, 5.41) is 15.2. The Hall–Kier alpha value is -2.78. The summed E-state index contributed by atoms with van der Waals surface area (Å²) in [7, 11) is 0. The summed E-state index contributed by atoms with van der Waals surface area (Å²) >= 11 is 7.27. The van der Waals surface area contributed by atoms with Crippen LogP contribution >= 0.6 is 23.4 Å². The minimum absolute atomic E-state index is 0.181. The molecule has 3 aromatic rings. The van der Waals surface area contributed by atoms with Crippen molar-refractivity contribution in [1.29, 1.82) is 0 Å². The molecule has 0 fully saturated rings. The topological polar surface area (TPSA) is 91.2 Å². The van der Waals surface area contributed by atoms with Gasteiger partial charge in [-0.05, 0) is 47.7 Å². The Kier molecular flexibility index (Phi) is 4.87. The second-order valence-electron chi connectivity index (χ2n) is 5.67. The first-order valence-electron chi connectivity index (χ1n) is 8.01. The Morgan fingerprint density at radius 3 is 2.96 bits per heavy atom. The number of nitrogens with one attached hydrogen (secondary N) is 1. The number of thioether (sulfide) groups is 1. The summed E-state index contributed by atoms with van der Waals surface area (Å²) < 4.78 is 12.1. The average molecular weight is 404 g/mol. The summed E-state index contributed by atoms with van der Waals surface area (Å²) in [4.78, 5) is 12.5. The highest BCUT2D eigenvalue weighted by Crippen LogP contribution is 2.34. The molecule has 1 aromatic heterocycles. The Morgan fingerprint density at radius 1 is 1.26 bits per heavy atom. The fraction of sp³-hybridized carbons (Fsp3) is 0.176. The van der Waals surface area contributed by atoms with Gasteiger partial charge in [0.15, 0.2) is 11.5 Å². The van der Waals surface area contributed by atoms with Gasteiger partial charge < -0.3 is 14.8 Å². The van der Waals surface area contributed by atoms with Crippen molar-refractivity contribution in [2.24, 2.45) is 0 Å². The second kappa shape index (κ2) is 7.45. The second-order valence-corrected chi connectivity index (χ2v) is 7.41. The summed E-state index contributed by atoms with van der Waals surface area (Å²) in [5.74, 6) is 1.09. The van der Waals surface area contributed by atoms with Crippen LogP contribution in [0.1, 0.15) is 6.92 Å². The molecule has 0 saturated heterocycles.